The molecule has 114 valence electrons. The second-order valence-corrected chi connectivity index (χ2v) is 6.35. The first-order valence-corrected chi connectivity index (χ1v) is 8.17. The topological polar surface area (TPSA) is 29.0 Å². The van der Waals surface area contributed by atoms with Crippen molar-refractivity contribution in [1.29, 1.82) is 0 Å². The summed E-state index contributed by atoms with van der Waals surface area (Å²) < 4.78 is 2.52. The fraction of sp³-hybridized carbons (Fsp3) is 0.556. The van der Waals surface area contributed by atoms with E-state index in [4.69, 9.17) is 0 Å². The molecule has 1 aliphatic heterocycles. The van der Waals surface area contributed by atoms with Gasteiger partial charge in [0, 0.05) is 42.3 Å². The first-order valence-electron chi connectivity index (χ1n) is 8.17. The molecule has 3 heteroatoms. The number of aryl methyl sites for hydroxylation is 1. The van der Waals surface area contributed by atoms with Crippen LogP contribution in [0.4, 0.5) is 0 Å². The molecule has 1 aliphatic rings. The molecule has 0 amide bonds. The van der Waals surface area contributed by atoms with E-state index >= 15 is 0 Å². The van der Waals surface area contributed by atoms with Gasteiger partial charge in [-0.25, -0.2) is 0 Å². The molecule has 0 radical (unpaired) electrons. The molecule has 2 N–H and O–H groups in total. The maximum Gasteiger partial charge on any atom is 0.0488 e. The van der Waals surface area contributed by atoms with Crippen LogP contribution in [-0.4, -0.2) is 17.7 Å². The Balaban J connectivity index is 2.18. The number of hydrogen-bond acceptors (Lipinski definition) is 2. The molecule has 0 fully saturated rings. The highest BCUT2D eigenvalue weighted by atomic mass is 15.0. The third kappa shape index (κ3) is 2.49. The molecule has 1 aromatic carbocycles. The molecule has 1 unspecified atom stereocenters. The molecule has 1 aromatic heterocycles. The minimum Gasteiger partial charge on any atom is -0.345 e. The average Bonchev–Trinajstić information content (AvgIpc) is 3.03. The van der Waals surface area contributed by atoms with Crippen molar-refractivity contribution in [2.45, 2.75) is 59.3 Å². The summed E-state index contributed by atoms with van der Waals surface area (Å²) in [6.07, 6.45) is 2.28. The lowest BCUT2D eigenvalue weighted by molar-refractivity contribution is 0.603. The average molecular weight is 285 g/mol. The van der Waals surface area contributed by atoms with Gasteiger partial charge in [-0.2, -0.15) is 0 Å². The number of rotatable bonds is 5. The highest BCUT2D eigenvalue weighted by Gasteiger charge is 2.19. The second kappa shape index (κ2) is 5.82. The fourth-order valence-electron chi connectivity index (χ4n) is 3.52. The van der Waals surface area contributed by atoms with Gasteiger partial charge in [0.15, 0.2) is 0 Å². The van der Waals surface area contributed by atoms with Crippen LogP contribution in [0.5, 0.6) is 0 Å². The zero-order valence-corrected chi connectivity index (χ0v) is 13.7. The zero-order valence-electron chi connectivity index (χ0n) is 13.7. The van der Waals surface area contributed by atoms with E-state index in [0.717, 1.165) is 26.1 Å². The molecule has 3 rings (SSSR count). The van der Waals surface area contributed by atoms with Crippen molar-refractivity contribution in [3.05, 3.63) is 34.5 Å². The molecule has 2 aromatic rings. The van der Waals surface area contributed by atoms with Crippen LogP contribution in [-0.2, 0) is 26.1 Å². The quantitative estimate of drug-likeness (QED) is 0.884. The Labute approximate surface area is 127 Å². The van der Waals surface area contributed by atoms with Gasteiger partial charge in [-0.05, 0) is 62.6 Å². The minimum atomic E-state index is 0.510. The molecular weight excluding hydrogens is 258 g/mol. The molecule has 3 nitrogen and oxygen atoms in total. The van der Waals surface area contributed by atoms with E-state index in [9.17, 15) is 0 Å². The van der Waals surface area contributed by atoms with Crippen molar-refractivity contribution in [3.63, 3.8) is 0 Å². The van der Waals surface area contributed by atoms with E-state index in [1.165, 1.54) is 39.7 Å². The molecular formula is C18H27N3. The van der Waals surface area contributed by atoms with Gasteiger partial charge in [0.25, 0.3) is 0 Å². The third-order valence-electron chi connectivity index (χ3n) is 4.86. The zero-order chi connectivity index (χ0) is 15.0. The highest BCUT2D eigenvalue weighted by molar-refractivity contribution is 5.87. The Morgan fingerprint density at radius 1 is 1.29 bits per heavy atom. The van der Waals surface area contributed by atoms with Crippen molar-refractivity contribution in [3.8, 4) is 0 Å². The van der Waals surface area contributed by atoms with E-state index in [0.29, 0.717) is 6.04 Å². The van der Waals surface area contributed by atoms with Gasteiger partial charge in [-0.15, -0.1) is 0 Å². The number of benzene rings is 1. The number of likely N-dealkylation sites (N-methyl/N-ethyl adjacent to an activating group) is 1. The van der Waals surface area contributed by atoms with E-state index in [1.54, 1.807) is 0 Å². The normalized spacial score (nSPS) is 15.6. The predicted octanol–water partition coefficient (Wildman–Crippen LogP) is 3.11. The lowest BCUT2D eigenvalue weighted by Crippen LogP contribution is -2.23. The largest absolute Gasteiger partial charge is 0.345 e. The van der Waals surface area contributed by atoms with Gasteiger partial charge in [0.05, 0.1) is 0 Å². The van der Waals surface area contributed by atoms with E-state index in [1.807, 2.05) is 7.05 Å². The minimum absolute atomic E-state index is 0.510. The Hall–Kier alpha value is -1.32. The lowest BCUT2D eigenvalue weighted by atomic mass is 10.0. The van der Waals surface area contributed by atoms with E-state index in [2.05, 4.69) is 48.1 Å². The Morgan fingerprint density at radius 3 is 2.67 bits per heavy atom. The van der Waals surface area contributed by atoms with Crippen LogP contribution in [0, 0.1) is 6.92 Å². The molecule has 0 saturated carbocycles. The molecule has 0 saturated heterocycles. The van der Waals surface area contributed by atoms with Crippen LogP contribution >= 0.6 is 0 Å². The van der Waals surface area contributed by atoms with Crippen molar-refractivity contribution in [2.24, 2.45) is 0 Å². The number of aromatic nitrogens is 1. The summed E-state index contributed by atoms with van der Waals surface area (Å²) in [5.74, 6) is 0. The predicted molar refractivity (Wildman–Crippen MR) is 89.7 cm³/mol. The van der Waals surface area contributed by atoms with Crippen LogP contribution < -0.4 is 10.6 Å². The maximum absolute atomic E-state index is 3.47. The SMILES string of the molecule is CCCn1c(C)c(CC(C)NC)c2cc3c(cc21)CNC3. The smallest absolute Gasteiger partial charge is 0.0488 e. The Kier molecular flexibility index (Phi) is 4.05. The lowest BCUT2D eigenvalue weighted by Gasteiger charge is -2.11. The van der Waals surface area contributed by atoms with Gasteiger partial charge in [0.2, 0.25) is 0 Å². The molecule has 0 spiro atoms. The molecule has 1 atom stereocenters. The van der Waals surface area contributed by atoms with E-state index < -0.39 is 0 Å². The number of fused-ring (bicyclic) bond motifs is 2. The molecule has 0 aliphatic carbocycles. The van der Waals surface area contributed by atoms with Gasteiger partial charge in [-0.1, -0.05) is 6.92 Å². The molecule has 21 heavy (non-hydrogen) atoms. The summed E-state index contributed by atoms with van der Waals surface area (Å²) in [6.45, 7) is 9.96. The molecule has 2 heterocycles. The summed E-state index contributed by atoms with van der Waals surface area (Å²) in [5, 5.41) is 8.31. The number of nitrogens with zero attached hydrogens (tertiary/aromatic N) is 1. The van der Waals surface area contributed by atoms with Crippen LogP contribution in [0.15, 0.2) is 12.1 Å². The van der Waals surface area contributed by atoms with Crippen molar-refractivity contribution >= 4 is 10.9 Å². The maximum atomic E-state index is 3.47. The summed E-state index contributed by atoms with van der Waals surface area (Å²) in [4.78, 5) is 0. The van der Waals surface area contributed by atoms with Crippen molar-refractivity contribution in [1.82, 2.24) is 15.2 Å². The fourth-order valence-corrected chi connectivity index (χ4v) is 3.52. The van der Waals surface area contributed by atoms with Crippen LogP contribution in [0.25, 0.3) is 10.9 Å². The summed E-state index contributed by atoms with van der Waals surface area (Å²) >= 11 is 0. The van der Waals surface area contributed by atoms with Crippen LogP contribution in [0.1, 0.15) is 42.7 Å². The second-order valence-electron chi connectivity index (χ2n) is 6.35. The molecule has 0 bridgehead atoms. The standard InChI is InChI=1S/C18H27N3/c1-5-6-21-13(3)16(7-12(2)19-4)17-8-14-10-20-11-15(14)9-18(17)21/h8-9,12,19-20H,5-7,10-11H2,1-4H3. The van der Waals surface area contributed by atoms with Gasteiger partial charge >= 0.3 is 0 Å². The van der Waals surface area contributed by atoms with Crippen molar-refractivity contribution in [2.75, 3.05) is 7.05 Å². The van der Waals surface area contributed by atoms with Gasteiger partial charge < -0.3 is 15.2 Å². The number of nitrogens with one attached hydrogen (secondary N) is 2. The third-order valence-corrected chi connectivity index (χ3v) is 4.86. The first kappa shape index (κ1) is 14.6. The van der Waals surface area contributed by atoms with Gasteiger partial charge in [0.1, 0.15) is 0 Å². The summed E-state index contributed by atoms with van der Waals surface area (Å²) in [6, 6.07) is 5.36. The van der Waals surface area contributed by atoms with Gasteiger partial charge in [-0.3, -0.25) is 0 Å². The summed E-state index contributed by atoms with van der Waals surface area (Å²) in [5.41, 5.74) is 7.36. The van der Waals surface area contributed by atoms with Crippen LogP contribution in [0.3, 0.4) is 0 Å². The summed E-state index contributed by atoms with van der Waals surface area (Å²) in [7, 11) is 2.05. The van der Waals surface area contributed by atoms with Crippen molar-refractivity contribution < 1.29 is 0 Å². The highest BCUT2D eigenvalue weighted by Crippen LogP contribution is 2.31. The first-order chi connectivity index (χ1) is 10.2. The number of hydrogen-bond donors (Lipinski definition) is 2. The monoisotopic (exact) mass is 285 g/mol. The Morgan fingerprint density at radius 2 is 2.00 bits per heavy atom. The van der Waals surface area contributed by atoms with Crippen LogP contribution in [0.2, 0.25) is 0 Å². The van der Waals surface area contributed by atoms with E-state index in [-0.39, 0.29) is 0 Å². The Bertz CT molecular complexity index is 654.